The van der Waals surface area contributed by atoms with E-state index in [4.69, 9.17) is 11.6 Å². The molecule has 2 fully saturated rings. The highest BCUT2D eigenvalue weighted by Crippen LogP contribution is 2.39. The lowest BCUT2D eigenvalue weighted by Gasteiger charge is -2.29. The van der Waals surface area contributed by atoms with Crippen molar-refractivity contribution in [3.8, 4) is 11.1 Å². The molecule has 0 radical (unpaired) electrons. The topological polar surface area (TPSA) is 0 Å². The first-order valence-electron chi connectivity index (χ1n) is 12.5. The monoisotopic (exact) mass is 422 g/mol. The molecular weight excluding hydrogens is 384 g/mol. The minimum Gasteiger partial charge on any atom is -0.126 e. The molecule has 2 aliphatic carbocycles. The van der Waals surface area contributed by atoms with Crippen LogP contribution in [-0.2, 0) is 0 Å². The SMILES string of the molecule is CCCCC1CCC(c2ccc(-c3ccc(C4CCC(CCl)CC4)cc3)cc2)CC1. The number of rotatable bonds is 7. The average molecular weight is 423 g/mol. The van der Waals surface area contributed by atoms with Gasteiger partial charge in [0.25, 0.3) is 0 Å². The van der Waals surface area contributed by atoms with Crippen molar-refractivity contribution in [2.75, 3.05) is 5.88 Å². The van der Waals surface area contributed by atoms with Gasteiger partial charge in [0, 0.05) is 5.88 Å². The van der Waals surface area contributed by atoms with Gasteiger partial charge >= 0.3 is 0 Å². The van der Waals surface area contributed by atoms with Crippen molar-refractivity contribution in [1.82, 2.24) is 0 Å². The van der Waals surface area contributed by atoms with Crippen LogP contribution in [0.1, 0.15) is 101 Å². The molecule has 0 atom stereocenters. The first kappa shape index (κ1) is 21.9. The highest BCUT2D eigenvalue weighted by atomic mass is 35.5. The van der Waals surface area contributed by atoms with Crippen LogP contribution in [0, 0.1) is 11.8 Å². The summed E-state index contributed by atoms with van der Waals surface area (Å²) >= 11 is 6.05. The van der Waals surface area contributed by atoms with E-state index in [9.17, 15) is 0 Å². The number of halogens is 1. The molecule has 2 aromatic carbocycles. The van der Waals surface area contributed by atoms with Crippen molar-refractivity contribution in [1.29, 1.82) is 0 Å². The molecule has 0 N–H and O–H groups in total. The lowest BCUT2D eigenvalue weighted by molar-refractivity contribution is 0.304. The number of unbranched alkanes of at least 4 members (excludes halogenated alkanes) is 1. The van der Waals surface area contributed by atoms with Crippen molar-refractivity contribution in [2.45, 2.75) is 89.4 Å². The standard InChI is InChI=1S/C29H39Cl/c1-2-3-4-22-5-9-24(10-6-22)26-13-17-28(18-14-26)29-19-15-27(16-20-29)25-11-7-23(21-30)8-12-25/h13-20,22-25H,2-12,21H2,1H3. The van der Waals surface area contributed by atoms with E-state index in [2.05, 4.69) is 55.5 Å². The predicted molar refractivity (Wildman–Crippen MR) is 132 cm³/mol. The van der Waals surface area contributed by atoms with E-state index in [0.717, 1.165) is 29.6 Å². The third kappa shape index (κ3) is 5.50. The van der Waals surface area contributed by atoms with E-state index in [1.165, 1.54) is 87.3 Å². The molecule has 0 spiro atoms. The molecule has 2 aromatic rings. The summed E-state index contributed by atoms with van der Waals surface area (Å²) in [6.45, 7) is 2.31. The Labute approximate surface area is 189 Å². The van der Waals surface area contributed by atoms with Crippen molar-refractivity contribution in [3.63, 3.8) is 0 Å². The van der Waals surface area contributed by atoms with Gasteiger partial charge < -0.3 is 0 Å². The predicted octanol–water partition coefficient (Wildman–Crippen LogP) is 9.33. The number of hydrogen-bond donors (Lipinski definition) is 0. The Morgan fingerprint density at radius 2 is 1.07 bits per heavy atom. The molecule has 30 heavy (non-hydrogen) atoms. The zero-order chi connectivity index (χ0) is 20.8. The minimum atomic E-state index is 0.730. The van der Waals surface area contributed by atoms with Gasteiger partial charge in [-0.2, -0.15) is 0 Å². The van der Waals surface area contributed by atoms with Crippen LogP contribution in [0.2, 0.25) is 0 Å². The van der Waals surface area contributed by atoms with Crippen LogP contribution in [-0.4, -0.2) is 5.88 Å². The molecule has 0 aromatic heterocycles. The van der Waals surface area contributed by atoms with Gasteiger partial charge in [-0.05, 0) is 97.3 Å². The van der Waals surface area contributed by atoms with Crippen molar-refractivity contribution in [3.05, 3.63) is 59.7 Å². The first-order valence-corrected chi connectivity index (χ1v) is 13.1. The molecule has 0 bridgehead atoms. The molecule has 0 heterocycles. The highest BCUT2D eigenvalue weighted by Gasteiger charge is 2.23. The summed E-state index contributed by atoms with van der Waals surface area (Å²) in [6, 6.07) is 18.9. The Balaban J connectivity index is 1.33. The van der Waals surface area contributed by atoms with E-state index < -0.39 is 0 Å². The van der Waals surface area contributed by atoms with E-state index in [1.54, 1.807) is 5.56 Å². The highest BCUT2D eigenvalue weighted by molar-refractivity contribution is 6.18. The van der Waals surface area contributed by atoms with E-state index >= 15 is 0 Å². The average Bonchev–Trinajstić information content (AvgIpc) is 2.83. The maximum Gasteiger partial charge on any atom is 0.0251 e. The maximum atomic E-state index is 6.05. The van der Waals surface area contributed by atoms with Gasteiger partial charge in [-0.3, -0.25) is 0 Å². The zero-order valence-corrected chi connectivity index (χ0v) is 19.5. The van der Waals surface area contributed by atoms with Crippen molar-refractivity contribution in [2.24, 2.45) is 11.8 Å². The molecule has 0 amide bonds. The molecule has 0 nitrogen and oxygen atoms in total. The second-order valence-corrected chi connectivity index (χ2v) is 10.3. The summed E-state index contributed by atoms with van der Waals surface area (Å²) in [4.78, 5) is 0. The summed E-state index contributed by atoms with van der Waals surface area (Å²) in [5, 5.41) is 0. The van der Waals surface area contributed by atoms with Crippen LogP contribution in [0.25, 0.3) is 11.1 Å². The molecule has 0 saturated heterocycles. The summed E-state index contributed by atoms with van der Waals surface area (Å²) in [6.07, 6.45) is 15.0. The third-order valence-corrected chi connectivity index (χ3v) is 8.41. The van der Waals surface area contributed by atoms with Crippen LogP contribution < -0.4 is 0 Å². The second-order valence-electron chi connectivity index (χ2n) is 9.98. The molecular formula is C29H39Cl. The Morgan fingerprint density at radius 3 is 1.47 bits per heavy atom. The van der Waals surface area contributed by atoms with Crippen LogP contribution in [0.4, 0.5) is 0 Å². The summed E-state index contributed by atoms with van der Waals surface area (Å²) in [5.74, 6) is 4.08. The smallest absolute Gasteiger partial charge is 0.0251 e. The number of hydrogen-bond acceptors (Lipinski definition) is 0. The lowest BCUT2D eigenvalue weighted by atomic mass is 9.77. The third-order valence-electron chi connectivity index (χ3n) is 7.98. The zero-order valence-electron chi connectivity index (χ0n) is 18.8. The van der Waals surface area contributed by atoms with E-state index in [1.807, 2.05) is 0 Å². The van der Waals surface area contributed by atoms with Gasteiger partial charge in [0.05, 0.1) is 0 Å². The van der Waals surface area contributed by atoms with Gasteiger partial charge in [-0.15, -0.1) is 11.6 Å². The second kappa shape index (κ2) is 10.9. The Hall–Kier alpha value is -1.27. The van der Waals surface area contributed by atoms with E-state index in [-0.39, 0.29) is 0 Å². The summed E-state index contributed by atoms with van der Waals surface area (Å²) in [7, 11) is 0. The fraction of sp³-hybridized carbons (Fsp3) is 0.586. The molecule has 1 heteroatoms. The molecule has 0 aliphatic heterocycles. The Morgan fingerprint density at radius 1 is 0.633 bits per heavy atom. The molecule has 2 saturated carbocycles. The van der Waals surface area contributed by atoms with Gasteiger partial charge in [0.2, 0.25) is 0 Å². The van der Waals surface area contributed by atoms with Gasteiger partial charge in [-0.25, -0.2) is 0 Å². The van der Waals surface area contributed by atoms with E-state index in [0.29, 0.717) is 0 Å². The van der Waals surface area contributed by atoms with Crippen LogP contribution in [0.3, 0.4) is 0 Å². The van der Waals surface area contributed by atoms with Gasteiger partial charge in [-0.1, -0.05) is 74.7 Å². The normalized spacial score (nSPS) is 27.1. The van der Waals surface area contributed by atoms with Crippen molar-refractivity contribution >= 4 is 11.6 Å². The molecule has 162 valence electrons. The molecule has 0 unspecified atom stereocenters. The minimum absolute atomic E-state index is 0.730. The summed E-state index contributed by atoms with van der Waals surface area (Å²) < 4.78 is 0. The van der Waals surface area contributed by atoms with Crippen molar-refractivity contribution < 1.29 is 0 Å². The Kier molecular flexibility index (Phi) is 7.94. The maximum absolute atomic E-state index is 6.05. The van der Waals surface area contributed by atoms with Crippen LogP contribution in [0.15, 0.2) is 48.5 Å². The number of alkyl halides is 1. The first-order chi connectivity index (χ1) is 14.8. The lowest BCUT2D eigenvalue weighted by Crippen LogP contribution is -2.14. The van der Waals surface area contributed by atoms with Gasteiger partial charge in [0.15, 0.2) is 0 Å². The fourth-order valence-electron chi connectivity index (χ4n) is 5.82. The van der Waals surface area contributed by atoms with Gasteiger partial charge in [0.1, 0.15) is 0 Å². The molecule has 4 rings (SSSR count). The Bertz CT molecular complexity index is 744. The van der Waals surface area contributed by atoms with Crippen LogP contribution in [0.5, 0.6) is 0 Å². The fourth-order valence-corrected chi connectivity index (χ4v) is 6.13. The number of benzene rings is 2. The molecule has 2 aliphatic rings. The largest absolute Gasteiger partial charge is 0.126 e. The quantitative estimate of drug-likeness (QED) is 0.390. The van der Waals surface area contributed by atoms with Crippen LogP contribution >= 0.6 is 11.6 Å². The summed E-state index contributed by atoms with van der Waals surface area (Å²) in [5.41, 5.74) is 5.78.